The molecule has 1 aromatic heterocycles. The van der Waals surface area contributed by atoms with Crippen LogP contribution in [0.3, 0.4) is 0 Å². The maximum absolute atomic E-state index is 11.4. The van der Waals surface area contributed by atoms with Gasteiger partial charge in [-0.05, 0) is 25.8 Å². The average molecular weight is 205 g/mol. The van der Waals surface area contributed by atoms with E-state index in [1.165, 1.54) is 0 Å². The molecule has 0 saturated carbocycles. The Bertz CT molecular complexity index is 378. The maximum atomic E-state index is 11.4. The van der Waals surface area contributed by atoms with Gasteiger partial charge in [0.05, 0.1) is 6.04 Å². The molecule has 1 amide bonds. The molecule has 0 spiro atoms. The number of likely N-dealkylation sites (tertiary alicyclic amines) is 1. The van der Waals surface area contributed by atoms with Crippen molar-refractivity contribution in [2.24, 2.45) is 0 Å². The molecule has 1 aromatic rings. The Morgan fingerprint density at radius 2 is 2.40 bits per heavy atom. The molecule has 0 N–H and O–H groups in total. The zero-order chi connectivity index (χ0) is 10.8. The summed E-state index contributed by atoms with van der Waals surface area (Å²) >= 11 is 0. The number of amides is 1. The molecular formula is C11H15N3O. The second-order valence-corrected chi connectivity index (χ2v) is 3.93. The van der Waals surface area contributed by atoms with E-state index < -0.39 is 0 Å². The Morgan fingerprint density at radius 1 is 1.60 bits per heavy atom. The number of carbonyl (C=O) groups excluding carboxylic acids is 1. The maximum Gasteiger partial charge on any atom is 0.220 e. The van der Waals surface area contributed by atoms with Crippen molar-refractivity contribution in [2.45, 2.75) is 32.7 Å². The third-order valence-electron chi connectivity index (χ3n) is 2.77. The normalized spacial score (nSPS) is 20.7. The first-order valence-corrected chi connectivity index (χ1v) is 5.25. The van der Waals surface area contributed by atoms with Crippen LogP contribution in [-0.4, -0.2) is 27.3 Å². The zero-order valence-electron chi connectivity index (χ0n) is 9.10. The van der Waals surface area contributed by atoms with Gasteiger partial charge in [-0.2, -0.15) is 0 Å². The van der Waals surface area contributed by atoms with Gasteiger partial charge in [0.2, 0.25) is 5.91 Å². The molecule has 15 heavy (non-hydrogen) atoms. The largest absolute Gasteiger partial charge is 0.333 e. The highest BCUT2D eigenvalue weighted by molar-refractivity contribution is 5.74. The molecule has 4 nitrogen and oxygen atoms in total. The van der Waals surface area contributed by atoms with E-state index in [1.54, 1.807) is 13.1 Å². The van der Waals surface area contributed by atoms with Crippen LogP contribution in [0.2, 0.25) is 0 Å². The summed E-state index contributed by atoms with van der Waals surface area (Å²) in [5, 5.41) is 0. The van der Waals surface area contributed by atoms with E-state index in [0.29, 0.717) is 0 Å². The van der Waals surface area contributed by atoms with E-state index in [-0.39, 0.29) is 11.9 Å². The third kappa shape index (κ3) is 1.98. The quantitative estimate of drug-likeness (QED) is 0.697. The standard InChI is InChI=1S/C11H15N3O/c1-8-5-6-12-11(13-8)10-4-3-7-14(10)9(2)15/h5-6,10H,3-4,7H2,1-2H3/t10-/m0/s1. The van der Waals surface area contributed by atoms with Crippen LogP contribution < -0.4 is 0 Å². The molecule has 2 heterocycles. The number of rotatable bonds is 1. The van der Waals surface area contributed by atoms with Gasteiger partial charge in [0, 0.05) is 25.4 Å². The number of nitrogens with zero attached hydrogens (tertiary/aromatic N) is 3. The van der Waals surface area contributed by atoms with Gasteiger partial charge in [0.1, 0.15) is 0 Å². The highest BCUT2D eigenvalue weighted by atomic mass is 16.2. The molecule has 1 fully saturated rings. The first kappa shape index (κ1) is 10.1. The number of hydrogen-bond acceptors (Lipinski definition) is 3. The van der Waals surface area contributed by atoms with Crippen molar-refractivity contribution >= 4 is 5.91 Å². The van der Waals surface area contributed by atoms with Crippen molar-refractivity contribution in [1.29, 1.82) is 0 Å². The van der Waals surface area contributed by atoms with Gasteiger partial charge in [-0.1, -0.05) is 0 Å². The minimum Gasteiger partial charge on any atom is -0.333 e. The van der Waals surface area contributed by atoms with Crippen molar-refractivity contribution in [2.75, 3.05) is 6.54 Å². The molecule has 0 radical (unpaired) electrons. The second-order valence-electron chi connectivity index (χ2n) is 3.93. The molecule has 4 heteroatoms. The van der Waals surface area contributed by atoms with Gasteiger partial charge in [-0.25, -0.2) is 9.97 Å². The molecule has 80 valence electrons. The van der Waals surface area contributed by atoms with Gasteiger partial charge >= 0.3 is 0 Å². The van der Waals surface area contributed by atoms with E-state index in [1.807, 2.05) is 17.9 Å². The Balaban J connectivity index is 2.26. The lowest BCUT2D eigenvalue weighted by molar-refractivity contribution is -0.129. The van der Waals surface area contributed by atoms with Gasteiger partial charge in [0.15, 0.2) is 5.82 Å². The summed E-state index contributed by atoms with van der Waals surface area (Å²) in [6, 6.07) is 1.96. The topological polar surface area (TPSA) is 46.1 Å². The predicted molar refractivity (Wildman–Crippen MR) is 56.1 cm³/mol. The van der Waals surface area contributed by atoms with Gasteiger partial charge in [-0.15, -0.1) is 0 Å². The fraction of sp³-hybridized carbons (Fsp3) is 0.545. The summed E-state index contributed by atoms with van der Waals surface area (Å²) in [7, 11) is 0. The third-order valence-corrected chi connectivity index (χ3v) is 2.77. The predicted octanol–water partition coefficient (Wildman–Crippen LogP) is 1.47. The lowest BCUT2D eigenvalue weighted by Gasteiger charge is -2.21. The fourth-order valence-electron chi connectivity index (χ4n) is 2.04. The summed E-state index contributed by atoms with van der Waals surface area (Å²) in [6.45, 7) is 4.38. The molecule has 0 aliphatic carbocycles. The zero-order valence-corrected chi connectivity index (χ0v) is 9.10. The summed E-state index contributed by atoms with van der Waals surface area (Å²) < 4.78 is 0. The SMILES string of the molecule is CC(=O)N1CCC[C@H]1c1nccc(C)n1. The number of carbonyl (C=O) groups is 1. The van der Waals surface area contributed by atoms with Crippen LogP contribution in [0.25, 0.3) is 0 Å². The molecule has 1 aliphatic rings. The number of hydrogen-bond donors (Lipinski definition) is 0. The van der Waals surface area contributed by atoms with Crippen LogP contribution in [0.1, 0.15) is 37.3 Å². The number of aromatic nitrogens is 2. The fourth-order valence-corrected chi connectivity index (χ4v) is 2.04. The van der Waals surface area contributed by atoms with Crippen molar-refractivity contribution in [3.63, 3.8) is 0 Å². The molecule has 0 bridgehead atoms. The van der Waals surface area contributed by atoms with Crippen molar-refractivity contribution in [1.82, 2.24) is 14.9 Å². The van der Waals surface area contributed by atoms with Crippen LogP contribution >= 0.6 is 0 Å². The number of aryl methyl sites for hydroxylation is 1. The van der Waals surface area contributed by atoms with E-state index >= 15 is 0 Å². The van der Waals surface area contributed by atoms with Crippen molar-refractivity contribution in [3.05, 3.63) is 23.8 Å². The van der Waals surface area contributed by atoms with Crippen LogP contribution in [-0.2, 0) is 4.79 Å². The lowest BCUT2D eigenvalue weighted by Crippen LogP contribution is -2.29. The highest BCUT2D eigenvalue weighted by Crippen LogP contribution is 2.29. The van der Waals surface area contributed by atoms with Crippen LogP contribution in [0.4, 0.5) is 0 Å². The molecule has 1 saturated heterocycles. The van der Waals surface area contributed by atoms with Crippen LogP contribution in [0, 0.1) is 6.92 Å². The molecule has 1 aliphatic heterocycles. The van der Waals surface area contributed by atoms with Gasteiger partial charge in [0.25, 0.3) is 0 Å². The summed E-state index contributed by atoms with van der Waals surface area (Å²) in [4.78, 5) is 21.9. The second kappa shape index (κ2) is 3.96. The lowest BCUT2D eigenvalue weighted by atomic mass is 10.2. The Morgan fingerprint density at radius 3 is 3.07 bits per heavy atom. The Kier molecular flexibility index (Phi) is 2.66. The summed E-state index contributed by atoms with van der Waals surface area (Å²) in [5.74, 6) is 0.894. The van der Waals surface area contributed by atoms with E-state index in [9.17, 15) is 4.79 Å². The van der Waals surface area contributed by atoms with E-state index in [2.05, 4.69) is 9.97 Å². The van der Waals surface area contributed by atoms with Crippen molar-refractivity contribution in [3.8, 4) is 0 Å². The first-order valence-electron chi connectivity index (χ1n) is 5.25. The summed E-state index contributed by atoms with van der Waals surface area (Å²) in [5.41, 5.74) is 0.954. The average Bonchev–Trinajstić information content (AvgIpc) is 2.65. The molecule has 2 rings (SSSR count). The van der Waals surface area contributed by atoms with E-state index in [0.717, 1.165) is 30.9 Å². The smallest absolute Gasteiger partial charge is 0.220 e. The van der Waals surface area contributed by atoms with Gasteiger partial charge < -0.3 is 4.90 Å². The van der Waals surface area contributed by atoms with Crippen LogP contribution in [0.15, 0.2) is 12.3 Å². The molecular weight excluding hydrogens is 190 g/mol. The summed E-state index contributed by atoms with van der Waals surface area (Å²) in [6.07, 6.45) is 3.78. The Hall–Kier alpha value is -1.45. The molecule has 0 unspecified atom stereocenters. The van der Waals surface area contributed by atoms with Crippen LogP contribution in [0.5, 0.6) is 0 Å². The molecule has 0 aromatic carbocycles. The Labute approximate surface area is 89.3 Å². The monoisotopic (exact) mass is 205 g/mol. The first-order chi connectivity index (χ1) is 7.18. The van der Waals surface area contributed by atoms with E-state index in [4.69, 9.17) is 0 Å². The highest BCUT2D eigenvalue weighted by Gasteiger charge is 2.29. The molecule has 1 atom stereocenters. The minimum absolute atomic E-state index is 0.0856. The van der Waals surface area contributed by atoms with Gasteiger partial charge in [-0.3, -0.25) is 4.79 Å². The van der Waals surface area contributed by atoms with Crippen molar-refractivity contribution < 1.29 is 4.79 Å². The minimum atomic E-state index is 0.0856.